The molecule has 1 heterocycles. The number of amidine groups is 1. The monoisotopic (exact) mass is 352 g/mol. The first-order valence-electron chi connectivity index (χ1n) is 7.94. The van der Waals surface area contributed by atoms with Crippen LogP contribution in [0.2, 0.25) is 0 Å². The van der Waals surface area contributed by atoms with Crippen LogP contribution in [0.4, 0.5) is 17.1 Å². The number of benzene rings is 2. The highest BCUT2D eigenvalue weighted by molar-refractivity contribution is 6.70. The van der Waals surface area contributed by atoms with E-state index in [-0.39, 0.29) is 18.2 Å². The fraction of sp³-hybridized carbons (Fsp3) is 0.167. The van der Waals surface area contributed by atoms with Crippen LogP contribution in [0.1, 0.15) is 5.56 Å². The topological polar surface area (TPSA) is 133 Å². The molecule has 0 amide bonds. The number of aliphatic hydroxyl groups excluding tert-OH is 1. The second kappa shape index (κ2) is 7.24. The molecule has 6 N–H and O–H groups in total. The van der Waals surface area contributed by atoms with E-state index in [4.69, 9.17) is 21.6 Å². The number of ether oxygens (including phenoxy) is 1. The van der Waals surface area contributed by atoms with Gasteiger partial charge in [0, 0.05) is 6.07 Å². The highest BCUT2D eigenvalue weighted by Crippen LogP contribution is 2.33. The minimum atomic E-state index is -0.335. The number of hydrazone groups is 1. The van der Waals surface area contributed by atoms with Gasteiger partial charge < -0.3 is 21.3 Å². The van der Waals surface area contributed by atoms with E-state index in [1.807, 2.05) is 30.3 Å². The lowest BCUT2D eigenvalue weighted by Crippen LogP contribution is -2.27. The van der Waals surface area contributed by atoms with Crippen LogP contribution in [0.3, 0.4) is 0 Å². The molecule has 2 aromatic rings. The summed E-state index contributed by atoms with van der Waals surface area (Å²) in [5.41, 5.74) is 14.5. The van der Waals surface area contributed by atoms with Crippen molar-refractivity contribution >= 4 is 34.3 Å². The third-order valence-corrected chi connectivity index (χ3v) is 3.93. The minimum absolute atomic E-state index is 0.0908. The molecule has 26 heavy (non-hydrogen) atoms. The second-order valence-electron chi connectivity index (χ2n) is 5.71. The number of anilines is 2. The molecule has 0 aliphatic carbocycles. The number of methoxy groups -OCH3 is 1. The zero-order chi connectivity index (χ0) is 18.7. The molecule has 1 aliphatic heterocycles. The number of nitrogens with two attached hydrogens (primary N) is 2. The van der Waals surface area contributed by atoms with Crippen LogP contribution >= 0.6 is 0 Å². The Balaban J connectivity index is 1.94. The zero-order valence-corrected chi connectivity index (χ0v) is 14.3. The van der Waals surface area contributed by atoms with Crippen molar-refractivity contribution in [2.45, 2.75) is 6.54 Å². The van der Waals surface area contributed by atoms with E-state index in [1.165, 1.54) is 12.1 Å². The fourth-order valence-electron chi connectivity index (χ4n) is 2.59. The molecule has 8 heteroatoms. The van der Waals surface area contributed by atoms with Gasteiger partial charge in [-0.3, -0.25) is 5.41 Å². The number of nitrogens with one attached hydrogen (secondary N) is 1. The van der Waals surface area contributed by atoms with Gasteiger partial charge >= 0.3 is 0 Å². The second-order valence-corrected chi connectivity index (χ2v) is 5.71. The molecule has 0 radical (unpaired) electrons. The van der Waals surface area contributed by atoms with Crippen molar-refractivity contribution in [1.29, 1.82) is 5.41 Å². The van der Waals surface area contributed by atoms with Gasteiger partial charge in [-0.05, 0) is 11.6 Å². The van der Waals surface area contributed by atoms with Crippen LogP contribution in [0.25, 0.3) is 0 Å². The summed E-state index contributed by atoms with van der Waals surface area (Å²) in [5, 5.41) is 23.8. The number of hydrogen-bond donors (Lipinski definition) is 4. The van der Waals surface area contributed by atoms with Gasteiger partial charge in [-0.15, -0.1) is 0 Å². The van der Waals surface area contributed by atoms with E-state index in [9.17, 15) is 5.11 Å². The first-order chi connectivity index (χ1) is 12.5. The molecule has 0 fully saturated rings. The Morgan fingerprint density at radius 1 is 1.19 bits per heavy atom. The Morgan fingerprint density at radius 2 is 1.92 bits per heavy atom. The van der Waals surface area contributed by atoms with Gasteiger partial charge in [-0.2, -0.15) is 5.10 Å². The summed E-state index contributed by atoms with van der Waals surface area (Å²) in [6.07, 6.45) is 0. The summed E-state index contributed by atoms with van der Waals surface area (Å²) < 4.78 is 5.19. The highest BCUT2D eigenvalue weighted by Gasteiger charge is 2.28. The highest BCUT2D eigenvalue weighted by atomic mass is 16.5. The quantitative estimate of drug-likeness (QED) is 0.609. The molecule has 134 valence electrons. The number of nitrogens with zero attached hydrogens (tertiary/aromatic N) is 3. The number of nitrogen functional groups attached to an aromatic ring is 2. The first-order valence-corrected chi connectivity index (χ1v) is 7.94. The Kier molecular flexibility index (Phi) is 4.85. The van der Waals surface area contributed by atoms with Gasteiger partial charge in [0.15, 0.2) is 5.84 Å². The van der Waals surface area contributed by atoms with Crippen LogP contribution in [0, 0.1) is 5.41 Å². The SMILES string of the molecule is COc1cc(N=C2C(=N)N(Cc3ccccc3)N=C2CO)c(N)cc1N. The predicted molar refractivity (Wildman–Crippen MR) is 103 cm³/mol. The van der Waals surface area contributed by atoms with Crippen molar-refractivity contribution in [1.82, 2.24) is 5.01 Å². The zero-order valence-electron chi connectivity index (χ0n) is 14.3. The molecule has 0 spiro atoms. The summed E-state index contributed by atoms with van der Waals surface area (Å²) in [6, 6.07) is 12.8. The van der Waals surface area contributed by atoms with Gasteiger partial charge in [-0.25, -0.2) is 10.0 Å². The van der Waals surface area contributed by atoms with Gasteiger partial charge in [0.05, 0.1) is 37.3 Å². The fourth-order valence-corrected chi connectivity index (χ4v) is 2.59. The van der Waals surface area contributed by atoms with Crippen molar-refractivity contribution in [2.24, 2.45) is 10.1 Å². The van der Waals surface area contributed by atoms with Gasteiger partial charge in [0.25, 0.3) is 0 Å². The summed E-state index contributed by atoms with van der Waals surface area (Å²) in [4.78, 5) is 4.43. The standard InChI is InChI=1S/C18H20N6O2/c1-26-16-8-14(12(19)7-13(16)20)22-17-15(10-25)23-24(18(17)21)9-11-5-3-2-4-6-11/h2-8,21,25H,9-10,19-20H2,1H3. The summed E-state index contributed by atoms with van der Waals surface area (Å²) in [6.45, 7) is 0.0707. The van der Waals surface area contributed by atoms with Crippen molar-refractivity contribution in [3.05, 3.63) is 48.0 Å². The lowest BCUT2D eigenvalue weighted by Gasteiger charge is -2.14. The normalized spacial score (nSPS) is 15.5. The molecule has 0 saturated carbocycles. The van der Waals surface area contributed by atoms with Crippen LogP contribution < -0.4 is 16.2 Å². The van der Waals surface area contributed by atoms with Crippen LogP contribution in [-0.2, 0) is 6.54 Å². The molecule has 0 saturated heterocycles. The van der Waals surface area contributed by atoms with E-state index in [1.54, 1.807) is 12.1 Å². The molecular weight excluding hydrogens is 332 g/mol. The summed E-state index contributed by atoms with van der Waals surface area (Å²) >= 11 is 0. The molecule has 0 aromatic heterocycles. The average Bonchev–Trinajstić information content (AvgIpc) is 2.93. The first kappa shape index (κ1) is 17.4. The lowest BCUT2D eigenvalue weighted by atomic mass is 10.2. The van der Waals surface area contributed by atoms with E-state index >= 15 is 0 Å². The minimum Gasteiger partial charge on any atom is -0.495 e. The molecule has 0 bridgehead atoms. The molecule has 3 rings (SSSR count). The van der Waals surface area contributed by atoms with Crippen molar-refractivity contribution in [3.63, 3.8) is 0 Å². The van der Waals surface area contributed by atoms with Crippen LogP contribution in [-0.4, -0.2) is 41.1 Å². The maximum atomic E-state index is 9.62. The molecule has 8 nitrogen and oxygen atoms in total. The molecule has 2 aromatic carbocycles. The smallest absolute Gasteiger partial charge is 0.170 e. The number of hydrogen-bond acceptors (Lipinski definition) is 7. The third kappa shape index (κ3) is 3.35. The lowest BCUT2D eigenvalue weighted by molar-refractivity contribution is 0.355. The van der Waals surface area contributed by atoms with Gasteiger partial charge in [0.2, 0.25) is 0 Å². The van der Waals surface area contributed by atoms with Crippen molar-refractivity contribution in [2.75, 3.05) is 25.2 Å². The van der Waals surface area contributed by atoms with Crippen molar-refractivity contribution in [3.8, 4) is 5.75 Å². The maximum absolute atomic E-state index is 9.62. The van der Waals surface area contributed by atoms with Crippen LogP contribution in [0.5, 0.6) is 5.75 Å². The average molecular weight is 352 g/mol. The Morgan fingerprint density at radius 3 is 2.58 bits per heavy atom. The molecule has 1 aliphatic rings. The Hall–Kier alpha value is -3.39. The number of aliphatic imine (C=N–C) groups is 1. The Labute approximate surface area is 150 Å². The maximum Gasteiger partial charge on any atom is 0.170 e. The number of aliphatic hydroxyl groups is 1. The molecule has 0 atom stereocenters. The summed E-state index contributed by atoms with van der Waals surface area (Å²) in [5.74, 6) is 0.528. The van der Waals surface area contributed by atoms with Gasteiger partial charge in [0.1, 0.15) is 17.2 Å². The van der Waals surface area contributed by atoms with E-state index in [0.29, 0.717) is 35.1 Å². The molecule has 0 unspecified atom stereocenters. The largest absolute Gasteiger partial charge is 0.495 e. The van der Waals surface area contributed by atoms with E-state index in [0.717, 1.165) is 5.56 Å². The van der Waals surface area contributed by atoms with E-state index in [2.05, 4.69) is 10.1 Å². The van der Waals surface area contributed by atoms with Crippen molar-refractivity contribution < 1.29 is 9.84 Å². The third-order valence-electron chi connectivity index (χ3n) is 3.93. The predicted octanol–water partition coefficient (Wildman–Crippen LogP) is 1.77. The summed E-state index contributed by atoms with van der Waals surface area (Å²) in [7, 11) is 1.50. The Bertz CT molecular complexity index is 892. The van der Waals surface area contributed by atoms with Gasteiger partial charge in [-0.1, -0.05) is 30.3 Å². The van der Waals surface area contributed by atoms with E-state index < -0.39 is 0 Å². The molecular formula is C18H20N6O2. The number of rotatable bonds is 5. The van der Waals surface area contributed by atoms with Crippen LogP contribution in [0.15, 0.2) is 52.6 Å².